The lowest BCUT2D eigenvalue weighted by molar-refractivity contribution is -0.118. The van der Waals surface area contributed by atoms with E-state index >= 15 is 0 Å². The van der Waals surface area contributed by atoms with Crippen molar-refractivity contribution < 1.29 is 4.79 Å². The van der Waals surface area contributed by atoms with Crippen molar-refractivity contribution >= 4 is 28.9 Å². The number of hydrogen-bond acceptors (Lipinski definition) is 3. The summed E-state index contributed by atoms with van der Waals surface area (Å²) >= 11 is 1.68. The highest BCUT2D eigenvalue weighted by Crippen LogP contribution is 2.27. The Hall–Kier alpha value is -2.34. The lowest BCUT2D eigenvalue weighted by atomic mass is 10.2. The molecule has 1 aromatic carbocycles. The lowest BCUT2D eigenvalue weighted by Crippen LogP contribution is -2.38. The van der Waals surface area contributed by atoms with Gasteiger partial charge >= 0.3 is 0 Å². The molecular weight excluding hydrogens is 344 g/mol. The predicted octanol–water partition coefficient (Wildman–Crippen LogP) is 3.17. The molecule has 0 fully saturated rings. The maximum Gasteiger partial charge on any atom is 0.227 e. The first-order chi connectivity index (χ1) is 12.8. The molecule has 26 heavy (non-hydrogen) atoms. The van der Waals surface area contributed by atoms with Gasteiger partial charge in [0.25, 0.3) is 0 Å². The molecule has 0 radical (unpaired) electrons. The Bertz CT molecular complexity index is 742. The second kappa shape index (κ2) is 9.38. The van der Waals surface area contributed by atoms with Gasteiger partial charge in [0.05, 0.1) is 6.54 Å². The molecule has 1 aromatic heterocycles. The van der Waals surface area contributed by atoms with Crippen LogP contribution in [0.5, 0.6) is 0 Å². The van der Waals surface area contributed by atoms with Gasteiger partial charge in [0.15, 0.2) is 5.96 Å². The molecule has 1 amide bonds. The molecule has 1 aliphatic rings. The standard InChI is InChI=1S/C20H26N4OS/c1-2-21-20(23-14-16-10-13-26-15-16)22-11-5-8-19(25)24-12-9-17-6-3-4-7-18(17)24/h3-4,6-7,10,13,15H,2,5,8-9,11-12,14H2,1H3,(H2,21,22,23). The van der Waals surface area contributed by atoms with Gasteiger partial charge in [0, 0.05) is 31.7 Å². The van der Waals surface area contributed by atoms with Gasteiger partial charge in [-0.15, -0.1) is 0 Å². The summed E-state index contributed by atoms with van der Waals surface area (Å²) in [5.41, 5.74) is 3.57. The Morgan fingerprint density at radius 1 is 1.27 bits per heavy atom. The number of nitrogens with zero attached hydrogens (tertiary/aromatic N) is 2. The van der Waals surface area contributed by atoms with Crippen LogP contribution >= 0.6 is 11.3 Å². The average molecular weight is 371 g/mol. The third-order valence-electron chi connectivity index (χ3n) is 4.39. The molecule has 0 unspecified atom stereocenters. The number of carbonyl (C=O) groups excluding carboxylic acids is 1. The number of rotatable bonds is 7. The predicted molar refractivity (Wildman–Crippen MR) is 109 cm³/mol. The number of fused-ring (bicyclic) bond motifs is 1. The van der Waals surface area contributed by atoms with Gasteiger partial charge < -0.3 is 15.5 Å². The number of thiophene rings is 1. The molecule has 0 bridgehead atoms. The van der Waals surface area contributed by atoms with Gasteiger partial charge in [-0.1, -0.05) is 18.2 Å². The molecule has 3 rings (SSSR count). The number of amides is 1. The van der Waals surface area contributed by atoms with Crippen LogP contribution in [0.25, 0.3) is 0 Å². The zero-order chi connectivity index (χ0) is 18.2. The molecule has 0 atom stereocenters. The largest absolute Gasteiger partial charge is 0.357 e. The Kier molecular flexibility index (Phi) is 6.66. The summed E-state index contributed by atoms with van der Waals surface area (Å²) in [6, 6.07) is 10.3. The first-order valence-electron chi connectivity index (χ1n) is 9.19. The topological polar surface area (TPSA) is 56.7 Å². The Morgan fingerprint density at radius 2 is 2.15 bits per heavy atom. The highest BCUT2D eigenvalue weighted by Gasteiger charge is 2.23. The molecule has 1 aliphatic heterocycles. The second-order valence-electron chi connectivity index (χ2n) is 6.28. The van der Waals surface area contributed by atoms with Gasteiger partial charge in [-0.05, 0) is 53.8 Å². The van der Waals surface area contributed by atoms with E-state index in [4.69, 9.17) is 0 Å². The minimum absolute atomic E-state index is 0.206. The number of hydrogen-bond donors (Lipinski definition) is 2. The Morgan fingerprint density at radius 3 is 2.96 bits per heavy atom. The van der Waals surface area contributed by atoms with E-state index in [1.165, 1.54) is 11.1 Å². The molecule has 0 saturated carbocycles. The number of aliphatic imine (C=N–C) groups is 1. The minimum Gasteiger partial charge on any atom is -0.357 e. The number of carbonyl (C=O) groups is 1. The fourth-order valence-corrected chi connectivity index (χ4v) is 3.73. The summed E-state index contributed by atoms with van der Waals surface area (Å²) in [7, 11) is 0. The molecule has 138 valence electrons. The van der Waals surface area contributed by atoms with Crippen molar-refractivity contribution in [3.05, 3.63) is 52.2 Å². The summed E-state index contributed by atoms with van der Waals surface area (Å²) in [6.45, 7) is 5.07. The summed E-state index contributed by atoms with van der Waals surface area (Å²) in [6.07, 6.45) is 2.30. The summed E-state index contributed by atoms with van der Waals surface area (Å²) in [5, 5.41) is 10.7. The third-order valence-corrected chi connectivity index (χ3v) is 5.12. The Balaban J connectivity index is 1.43. The van der Waals surface area contributed by atoms with Crippen molar-refractivity contribution in [2.24, 2.45) is 4.99 Å². The van der Waals surface area contributed by atoms with E-state index in [2.05, 4.69) is 45.4 Å². The average Bonchev–Trinajstić information content (AvgIpc) is 3.32. The van der Waals surface area contributed by atoms with Gasteiger partial charge in [0.1, 0.15) is 0 Å². The van der Waals surface area contributed by atoms with Crippen LogP contribution < -0.4 is 15.5 Å². The van der Waals surface area contributed by atoms with Crippen molar-refractivity contribution in [3.63, 3.8) is 0 Å². The van der Waals surface area contributed by atoms with Crippen molar-refractivity contribution in [2.45, 2.75) is 32.7 Å². The van der Waals surface area contributed by atoms with Crippen LogP contribution in [0.2, 0.25) is 0 Å². The molecule has 2 heterocycles. The molecule has 2 N–H and O–H groups in total. The van der Waals surface area contributed by atoms with Crippen molar-refractivity contribution in [1.82, 2.24) is 10.6 Å². The van der Waals surface area contributed by atoms with Gasteiger partial charge in [-0.3, -0.25) is 4.79 Å². The molecular formula is C20H26N4OS. The molecule has 6 heteroatoms. The lowest BCUT2D eigenvalue weighted by Gasteiger charge is -2.17. The van der Waals surface area contributed by atoms with Gasteiger partial charge in [0.2, 0.25) is 5.91 Å². The number of guanidine groups is 1. The van der Waals surface area contributed by atoms with Crippen LogP contribution in [0.15, 0.2) is 46.1 Å². The SMILES string of the molecule is CCNC(=NCc1ccsc1)NCCCC(=O)N1CCc2ccccc21. The summed E-state index contributed by atoms with van der Waals surface area (Å²) < 4.78 is 0. The molecule has 5 nitrogen and oxygen atoms in total. The highest BCUT2D eigenvalue weighted by molar-refractivity contribution is 7.07. The molecule has 0 spiro atoms. The molecule has 0 saturated heterocycles. The molecule has 2 aromatic rings. The van der Waals surface area contributed by atoms with Crippen molar-refractivity contribution in [1.29, 1.82) is 0 Å². The number of para-hydroxylation sites is 1. The van der Waals surface area contributed by atoms with Crippen LogP contribution in [0.4, 0.5) is 5.69 Å². The first-order valence-corrected chi connectivity index (χ1v) is 10.1. The van der Waals surface area contributed by atoms with E-state index in [1.807, 2.05) is 23.1 Å². The van der Waals surface area contributed by atoms with E-state index < -0.39 is 0 Å². The quantitative estimate of drug-likeness (QED) is 0.447. The first kappa shape index (κ1) is 18.5. The monoisotopic (exact) mass is 370 g/mol. The zero-order valence-electron chi connectivity index (χ0n) is 15.2. The van der Waals surface area contributed by atoms with Crippen LogP contribution in [-0.4, -0.2) is 31.5 Å². The highest BCUT2D eigenvalue weighted by atomic mass is 32.1. The van der Waals surface area contributed by atoms with Crippen LogP contribution in [-0.2, 0) is 17.8 Å². The third kappa shape index (κ3) is 4.85. The zero-order valence-corrected chi connectivity index (χ0v) is 16.0. The second-order valence-corrected chi connectivity index (χ2v) is 7.06. The van der Waals surface area contributed by atoms with Gasteiger partial charge in [-0.2, -0.15) is 11.3 Å². The van der Waals surface area contributed by atoms with E-state index in [-0.39, 0.29) is 5.91 Å². The maximum absolute atomic E-state index is 12.5. The summed E-state index contributed by atoms with van der Waals surface area (Å²) in [4.78, 5) is 19.0. The van der Waals surface area contributed by atoms with E-state index in [0.29, 0.717) is 13.0 Å². The van der Waals surface area contributed by atoms with E-state index in [0.717, 1.165) is 44.1 Å². The minimum atomic E-state index is 0.206. The van der Waals surface area contributed by atoms with Crippen molar-refractivity contribution in [3.8, 4) is 0 Å². The van der Waals surface area contributed by atoms with E-state index in [9.17, 15) is 4.79 Å². The van der Waals surface area contributed by atoms with Gasteiger partial charge in [-0.25, -0.2) is 4.99 Å². The van der Waals surface area contributed by atoms with Crippen molar-refractivity contribution in [2.75, 3.05) is 24.5 Å². The maximum atomic E-state index is 12.5. The smallest absolute Gasteiger partial charge is 0.227 e. The summed E-state index contributed by atoms with van der Waals surface area (Å²) in [5.74, 6) is 1.01. The fourth-order valence-electron chi connectivity index (χ4n) is 3.07. The van der Waals surface area contributed by atoms with Crippen LogP contribution in [0.1, 0.15) is 30.9 Å². The number of anilines is 1. The number of benzene rings is 1. The van der Waals surface area contributed by atoms with Crippen LogP contribution in [0.3, 0.4) is 0 Å². The molecule has 0 aliphatic carbocycles. The Labute approximate surface area is 159 Å². The normalized spacial score (nSPS) is 13.6. The number of nitrogens with one attached hydrogen (secondary N) is 2. The van der Waals surface area contributed by atoms with Crippen LogP contribution in [0, 0.1) is 0 Å². The fraction of sp³-hybridized carbons (Fsp3) is 0.400. The van der Waals surface area contributed by atoms with E-state index in [1.54, 1.807) is 11.3 Å².